The molecule has 2 rings (SSSR count). The average Bonchev–Trinajstić information content (AvgIpc) is 3.01. The molecule has 0 aromatic carbocycles. The highest BCUT2D eigenvalue weighted by atomic mass is 32.2. The quantitative estimate of drug-likeness (QED) is 0.827. The van der Waals surface area contributed by atoms with Crippen LogP contribution in [-0.4, -0.2) is 41.9 Å². The molecule has 8 heteroatoms. The number of hydrogen-bond donors (Lipinski definition) is 1. The van der Waals surface area contributed by atoms with Gasteiger partial charge >= 0.3 is 5.97 Å². The van der Waals surface area contributed by atoms with Gasteiger partial charge in [-0.3, -0.25) is 0 Å². The number of sulfonamides is 1. The van der Waals surface area contributed by atoms with Gasteiger partial charge in [0.25, 0.3) is 10.0 Å². The molecule has 1 saturated carbocycles. The molecule has 0 saturated heterocycles. The molecule has 1 N–H and O–H groups in total. The summed E-state index contributed by atoms with van der Waals surface area (Å²) < 4.78 is 26.2. The summed E-state index contributed by atoms with van der Waals surface area (Å²) in [4.78, 5) is 14.6. The van der Waals surface area contributed by atoms with Crippen LogP contribution in [0.4, 0.5) is 0 Å². The van der Waals surface area contributed by atoms with E-state index in [-0.39, 0.29) is 9.90 Å². The number of nitrogens with zero attached hydrogens (tertiary/aromatic N) is 2. The van der Waals surface area contributed by atoms with Crippen LogP contribution in [0.5, 0.6) is 0 Å². The SMILES string of the molecule is CCCN(CC1CC1)S(=O)(=O)c1scnc1C(=O)O. The normalized spacial score (nSPS) is 15.9. The molecule has 0 radical (unpaired) electrons. The summed E-state index contributed by atoms with van der Waals surface area (Å²) >= 11 is 0.865. The Bertz CT molecular complexity index is 563. The average molecular weight is 304 g/mol. The second-order valence-electron chi connectivity index (χ2n) is 4.60. The van der Waals surface area contributed by atoms with Crippen LogP contribution in [-0.2, 0) is 10.0 Å². The van der Waals surface area contributed by atoms with Gasteiger partial charge in [0, 0.05) is 13.1 Å². The van der Waals surface area contributed by atoms with Crippen molar-refractivity contribution < 1.29 is 18.3 Å². The molecule has 106 valence electrons. The Morgan fingerprint density at radius 1 is 1.58 bits per heavy atom. The van der Waals surface area contributed by atoms with E-state index in [1.165, 1.54) is 9.82 Å². The minimum absolute atomic E-state index is 0.158. The molecule has 0 unspecified atom stereocenters. The zero-order chi connectivity index (χ0) is 14.0. The second-order valence-corrected chi connectivity index (χ2v) is 7.59. The lowest BCUT2D eigenvalue weighted by Crippen LogP contribution is -2.34. The first kappa shape index (κ1) is 14.4. The minimum Gasteiger partial charge on any atom is -0.476 e. The molecule has 0 aliphatic heterocycles. The molecular formula is C11H16N2O4S2. The topological polar surface area (TPSA) is 87.6 Å². The van der Waals surface area contributed by atoms with E-state index in [1.807, 2.05) is 6.92 Å². The summed E-state index contributed by atoms with van der Waals surface area (Å²) in [6.07, 6.45) is 2.79. The van der Waals surface area contributed by atoms with E-state index in [4.69, 9.17) is 5.11 Å². The van der Waals surface area contributed by atoms with Gasteiger partial charge in [-0.1, -0.05) is 6.92 Å². The molecule has 19 heavy (non-hydrogen) atoms. The first-order valence-electron chi connectivity index (χ1n) is 6.13. The number of aromatic nitrogens is 1. The maximum Gasteiger partial charge on any atom is 0.356 e. The fourth-order valence-electron chi connectivity index (χ4n) is 1.83. The summed E-state index contributed by atoms with van der Waals surface area (Å²) in [5, 5.41) is 8.98. The lowest BCUT2D eigenvalue weighted by Gasteiger charge is -2.20. The number of rotatable bonds is 7. The molecule has 0 atom stereocenters. The van der Waals surface area contributed by atoms with Crippen molar-refractivity contribution >= 4 is 27.3 Å². The molecule has 1 fully saturated rings. The van der Waals surface area contributed by atoms with Crippen LogP contribution < -0.4 is 0 Å². The minimum atomic E-state index is -3.74. The van der Waals surface area contributed by atoms with Crippen molar-refractivity contribution in [1.82, 2.24) is 9.29 Å². The van der Waals surface area contributed by atoms with Crippen LogP contribution in [0.1, 0.15) is 36.7 Å². The van der Waals surface area contributed by atoms with Crippen molar-refractivity contribution in [3.8, 4) is 0 Å². The van der Waals surface area contributed by atoms with Crippen molar-refractivity contribution in [3.05, 3.63) is 11.2 Å². The predicted molar refractivity (Wildman–Crippen MR) is 70.8 cm³/mol. The monoisotopic (exact) mass is 304 g/mol. The molecule has 1 aromatic heterocycles. The highest BCUT2D eigenvalue weighted by Gasteiger charge is 2.34. The van der Waals surface area contributed by atoms with Crippen molar-refractivity contribution in [1.29, 1.82) is 0 Å². The first-order chi connectivity index (χ1) is 8.96. The number of carboxylic acids is 1. The molecule has 1 aromatic rings. The molecule has 1 heterocycles. The maximum absolute atomic E-state index is 12.5. The Morgan fingerprint density at radius 3 is 2.79 bits per heavy atom. The highest BCUT2D eigenvalue weighted by molar-refractivity contribution is 7.91. The Hall–Kier alpha value is -0.990. The van der Waals surface area contributed by atoms with Crippen LogP contribution in [0.3, 0.4) is 0 Å². The molecule has 1 aliphatic carbocycles. The third kappa shape index (κ3) is 3.13. The lowest BCUT2D eigenvalue weighted by molar-refractivity contribution is 0.0687. The number of carboxylic acid groups (broad SMARTS) is 1. The number of hydrogen-bond acceptors (Lipinski definition) is 5. The molecule has 0 spiro atoms. The van der Waals surface area contributed by atoms with E-state index in [2.05, 4.69) is 4.98 Å². The van der Waals surface area contributed by atoms with Crippen LogP contribution in [0.2, 0.25) is 0 Å². The van der Waals surface area contributed by atoms with Gasteiger partial charge in [-0.15, -0.1) is 11.3 Å². The molecule has 6 nitrogen and oxygen atoms in total. The summed E-state index contributed by atoms with van der Waals surface area (Å²) in [5.74, 6) is -0.884. The Balaban J connectivity index is 2.31. The standard InChI is InChI=1S/C11H16N2O4S2/c1-2-5-13(6-8-3-4-8)19(16,17)11-9(10(14)15)12-7-18-11/h7-8H,2-6H2,1H3,(H,14,15). The fourth-order valence-corrected chi connectivity index (χ4v) is 4.71. The summed E-state index contributed by atoms with van der Waals surface area (Å²) in [6.45, 7) is 2.79. The van der Waals surface area contributed by atoms with Gasteiger partial charge in [-0.25, -0.2) is 18.2 Å². The van der Waals surface area contributed by atoms with Crippen LogP contribution in [0.25, 0.3) is 0 Å². The van der Waals surface area contributed by atoms with E-state index in [1.54, 1.807) is 0 Å². The van der Waals surface area contributed by atoms with Gasteiger partial charge in [0.1, 0.15) is 0 Å². The van der Waals surface area contributed by atoms with Gasteiger partial charge in [-0.2, -0.15) is 4.31 Å². The van der Waals surface area contributed by atoms with Crippen LogP contribution in [0.15, 0.2) is 9.72 Å². The van der Waals surface area contributed by atoms with E-state index in [0.717, 1.165) is 24.2 Å². The van der Waals surface area contributed by atoms with Gasteiger partial charge in [0.2, 0.25) is 0 Å². The van der Waals surface area contributed by atoms with Gasteiger partial charge in [-0.05, 0) is 25.2 Å². The van der Waals surface area contributed by atoms with Crippen LogP contribution >= 0.6 is 11.3 Å². The lowest BCUT2D eigenvalue weighted by atomic mass is 10.4. The van der Waals surface area contributed by atoms with Gasteiger partial charge < -0.3 is 5.11 Å². The third-order valence-corrected chi connectivity index (χ3v) is 6.16. The van der Waals surface area contributed by atoms with Gasteiger partial charge in [0.05, 0.1) is 5.51 Å². The fraction of sp³-hybridized carbons (Fsp3) is 0.636. The van der Waals surface area contributed by atoms with E-state index in [9.17, 15) is 13.2 Å². The van der Waals surface area contributed by atoms with Crippen molar-refractivity contribution in [2.24, 2.45) is 5.92 Å². The Kier molecular flexibility index (Phi) is 4.22. The zero-order valence-electron chi connectivity index (χ0n) is 10.6. The van der Waals surface area contributed by atoms with Gasteiger partial charge in [0.15, 0.2) is 9.90 Å². The smallest absolute Gasteiger partial charge is 0.356 e. The van der Waals surface area contributed by atoms with Crippen molar-refractivity contribution in [2.75, 3.05) is 13.1 Å². The number of carbonyl (C=O) groups is 1. The zero-order valence-corrected chi connectivity index (χ0v) is 12.2. The predicted octanol–water partition coefficient (Wildman–Crippen LogP) is 1.65. The van der Waals surface area contributed by atoms with E-state index >= 15 is 0 Å². The van der Waals surface area contributed by atoms with E-state index < -0.39 is 16.0 Å². The molecular weight excluding hydrogens is 288 g/mol. The highest BCUT2D eigenvalue weighted by Crippen LogP contribution is 2.33. The number of thiazole rings is 1. The third-order valence-electron chi connectivity index (χ3n) is 2.94. The maximum atomic E-state index is 12.5. The largest absolute Gasteiger partial charge is 0.476 e. The Labute approximate surface area is 116 Å². The summed E-state index contributed by atoms with van der Waals surface area (Å²) in [7, 11) is -3.74. The van der Waals surface area contributed by atoms with E-state index in [0.29, 0.717) is 25.4 Å². The number of aromatic carboxylic acids is 1. The Morgan fingerprint density at radius 2 is 2.26 bits per heavy atom. The molecule has 0 amide bonds. The molecule has 1 aliphatic rings. The first-order valence-corrected chi connectivity index (χ1v) is 8.45. The molecule has 0 bridgehead atoms. The summed E-state index contributed by atoms with van der Waals surface area (Å²) in [6, 6.07) is 0. The van der Waals surface area contributed by atoms with Crippen molar-refractivity contribution in [3.63, 3.8) is 0 Å². The van der Waals surface area contributed by atoms with Crippen molar-refractivity contribution in [2.45, 2.75) is 30.4 Å². The second kappa shape index (κ2) is 5.56. The van der Waals surface area contributed by atoms with Crippen LogP contribution in [0, 0.1) is 5.92 Å². The summed E-state index contributed by atoms with van der Waals surface area (Å²) in [5.41, 5.74) is 0.888.